The molecule has 1 atom stereocenters. The zero-order valence-corrected chi connectivity index (χ0v) is 14.9. The minimum absolute atomic E-state index is 0.0370. The van der Waals surface area contributed by atoms with Gasteiger partial charge in [-0.1, -0.05) is 24.3 Å². The first-order chi connectivity index (χ1) is 12.6. The van der Waals surface area contributed by atoms with Gasteiger partial charge in [0.05, 0.1) is 17.6 Å². The summed E-state index contributed by atoms with van der Waals surface area (Å²) >= 11 is 0. The van der Waals surface area contributed by atoms with E-state index < -0.39 is 0 Å². The van der Waals surface area contributed by atoms with Gasteiger partial charge in [-0.2, -0.15) is 5.26 Å². The molecule has 0 aromatic heterocycles. The Balaban J connectivity index is 1.52. The lowest BCUT2D eigenvalue weighted by Crippen LogP contribution is -2.50. The van der Waals surface area contributed by atoms with E-state index in [1.165, 1.54) is 0 Å². The van der Waals surface area contributed by atoms with Crippen molar-refractivity contribution < 1.29 is 9.59 Å². The summed E-state index contributed by atoms with van der Waals surface area (Å²) < 4.78 is 0. The number of amides is 2. The number of piperazine rings is 1. The van der Waals surface area contributed by atoms with Crippen molar-refractivity contribution in [3.8, 4) is 6.07 Å². The molecule has 26 heavy (non-hydrogen) atoms. The molecule has 2 saturated heterocycles. The van der Waals surface area contributed by atoms with E-state index >= 15 is 0 Å². The Kier molecular flexibility index (Phi) is 5.69. The number of hydrogen-bond donors (Lipinski definition) is 0. The molecule has 0 N–H and O–H groups in total. The Morgan fingerprint density at radius 2 is 2.00 bits per heavy atom. The fourth-order valence-electron chi connectivity index (χ4n) is 3.66. The average molecular weight is 352 g/mol. The van der Waals surface area contributed by atoms with Gasteiger partial charge >= 0.3 is 0 Å². The molecule has 2 heterocycles. The lowest BCUT2D eigenvalue weighted by Gasteiger charge is -2.36. The maximum absolute atomic E-state index is 12.7. The minimum atomic E-state index is -0.228. The van der Waals surface area contributed by atoms with Crippen molar-refractivity contribution in [3.05, 3.63) is 48.0 Å². The Bertz CT molecular complexity index is 732. The number of carbonyl (C=O) groups excluding carboxylic acids is 2. The van der Waals surface area contributed by atoms with Crippen molar-refractivity contribution in [2.24, 2.45) is 5.92 Å². The average Bonchev–Trinajstić information content (AvgIpc) is 3.03. The molecule has 2 fully saturated rings. The molecule has 0 bridgehead atoms. The number of benzene rings is 1. The molecule has 2 aliphatic rings. The predicted molar refractivity (Wildman–Crippen MR) is 97.9 cm³/mol. The van der Waals surface area contributed by atoms with Crippen LogP contribution >= 0.6 is 0 Å². The van der Waals surface area contributed by atoms with Gasteiger partial charge in [0, 0.05) is 52.2 Å². The number of nitriles is 1. The van der Waals surface area contributed by atoms with Gasteiger partial charge in [0.25, 0.3) is 0 Å². The van der Waals surface area contributed by atoms with Crippen molar-refractivity contribution in [1.29, 1.82) is 5.26 Å². The molecule has 136 valence electrons. The number of hydrogen-bond acceptors (Lipinski definition) is 4. The van der Waals surface area contributed by atoms with Gasteiger partial charge in [-0.15, -0.1) is 6.58 Å². The van der Waals surface area contributed by atoms with Crippen molar-refractivity contribution in [2.75, 3.05) is 39.3 Å². The second kappa shape index (κ2) is 8.15. The monoisotopic (exact) mass is 352 g/mol. The first kappa shape index (κ1) is 18.2. The van der Waals surface area contributed by atoms with E-state index in [0.29, 0.717) is 38.2 Å². The lowest BCUT2D eigenvalue weighted by atomic mass is 10.1. The predicted octanol–water partition coefficient (Wildman–Crippen LogP) is 1.24. The molecule has 2 aliphatic heterocycles. The molecule has 6 heteroatoms. The molecule has 0 spiro atoms. The Morgan fingerprint density at radius 1 is 1.27 bits per heavy atom. The van der Waals surface area contributed by atoms with Gasteiger partial charge in [0.15, 0.2) is 0 Å². The smallest absolute Gasteiger partial charge is 0.228 e. The third-order valence-electron chi connectivity index (χ3n) is 5.13. The summed E-state index contributed by atoms with van der Waals surface area (Å²) in [6.07, 6.45) is 2.00. The van der Waals surface area contributed by atoms with E-state index in [4.69, 9.17) is 0 Å². The second-order valence-corrected chi connectivity index (χ2v) is 6.86. The van der Waals surface area contributed by atoms with Crippen LogP contribution in [0.15, 0.2) is 36.9 Å². The second-order valence-electron chi connectivity index (χ2n) is 6.86. The molecule has 1 aromatic carbocycles. The SMILES string of the molecule is C=CCN1CC(C(=O)N2CCN(Cc3ccccc3C#N)CC2)CC1=O. The van der Waals surface area contributed by atoms with Crippen molar-refractivity contribution >= 4 is 11.8 Å². The first-order valence-corrected chi connectivity index (χ1v) is 9.00. The van der Waals surface area contributed by atoms with Gasteiger partial charge < -0.3 is 9.80 Å². The van der Waals surface area contributed by atoms with Crippen LogP contribution in [0.1, 0.15) is 17.5 Å². The number of nitrogens with zero attached hydrogens (tertiary/aromatic N) is 4. The molecule has 6 nitrogen and oxygen atoms in total. The summed E-state index contributed by atoms with van der Waals surface area (Å²) in [6.45, 7) is 8.28. The molecule has 1 aromatic rings. The summed E-state index contributed by atoms with van der Waals surface area (Å²) in [6, 6.07) is 9.87. The van der Waals surface area contributed by atoms with Crippen LogP contribution in [0.5, 0.6) is 0 Å². The van der Waals surface area contributed by atoms with Crippen molar-refractivity contribution in [1.82, 2.24) is 14.7 Å². The fraction of sp³-hybridized carbons (Fsp3) is 0.450. The Labute approximate surface area is 154 Å². The van der Waals surface area contributed by atoms with Crippen LogP contribution in [-0.4, -0.2) is 65.8 Å². The van der Waals surface area contributed by atoms with Crippen LogP contribution in [0.2, 0.25) is 0 Å². The van der Waals surface area contributed by atoms with Crippen molar-refractivity contribution in [3.63, 3.8) is 0 Å². The number of rotatable bonds is 5. The van der Waals surface area contributed by atoms with E-state index in [-0.39, 0.29) is 17.7 Å². The van der Waals surface area contributed by atoms with Crippen LogP contribution in [-0.2, 0) is 16.1 Å². The highest BCUT2D eigenvalue weighted by molar-refractivity contribution is 5.89. The van der Waals surface area contributed by atoms with Crippen LogP contribution in [0.3, 0.4) is 0 Å². The van der Waals surface area contributed by atoms with Crippen LogP contribution in [0.25, 0.3) is 0 Å². The highest BCUT2D eigenvalue weighted by Gasteiger charge is 2.36. The van der Waals surface area contributed by atoms with E-state index in [2.05, 4.69) is 17.5 Å². The van der Waals surface area contributed by atoms with Crippen molar-refractivity contribution in [2.45, 2.75) is 13.0 Å². The zero-order chi connectivity index (χ0) is 18.5. The van der Waals surface area contributed by atoms with Gasteiger partial charge in [0.2, 0.25) is 11.8 Å². The largest absolute Gasteiger partial charge is 0.340 e. The van der Waals surface area contributed by atoms with E-state index in [1.54, 1.807) is 11.0 Å². The maximum atomic E-state index is 12.7. The molecule has 3 rings (SSSR count). The summed E-state index contributed by atoms with van der Waals surface area (Å²) in [5.74, 6) is -0.106. The zero-order valence-electron chi connectivity index (χ0n) is 14.9. The molecule has 2 amide bonds. The lowest BCUT2D eigenvalue weighted by molar-refractivity contribution is -0.137. The molecular formula is C20H24N4O2. The van der Waals surface area contributed by atoms with Gasteiger partial charge in [-0.25, -0.2) is 0 Å². The van der Waals surface area contributed by atoms with E-state index in [0.717, 1.165) is 25.2 Å². The number of likely N-dealkylation sites (tertiary alicyclic amines) is 1. The molecule has 0 aliphatic carbocycles. The van der Waals surface area contributed by atoms with Crippen LogP contribution in [0.4, 0.5) is 0 Å². The third kappa shape index (κ3) is 3.94. The topological polar surface area (TPSA) is 67.7 Å². The maximum Gasteiger partial charge on any atom is 0.228 e. The van der Waals surface area contributed by atoms with Crippen LogP contribution in [0, 0.1) is 17.2 Å². The Hall–Kier alpha value is -2.65. The van der Waals surface area contributed by atoms with Gasteiger partial charge in [0.1, 0.15) is 0 Å². The van der Waals surface area contributed by atoms with Crippen LogP contribution < -0.4 is 0 Å². The highest BCUT2D eigenvalue weighted by Crippen LogP contribution is 2.21. The fourth-order valence-corrected chi connectivity index (χ4v) is 3.66. The van der Waals surface area contributed by atoms with E-state index in [9.17, 15) is 14.9 Å². The van der Waals surface area contributed by atoms with E-state index in [1.807, 2.05) is 29.2 Å². The minimum Gasteiger partial charge on any atom is -0.340 e. The Morgan fingerprint density at radius 3 is 2.69 bits per heavy atom. The normalized spacial score (nSPS) is 20.9. The van der Waals surface area contributed by atoms with Gasteiger partial charge in [-0.3, -0.25) is 14.5 Å². The first-order valence-electron chi connectivity index (χ1n) is 9.00. The molecular weight excluding hydrogens is 328 g/mol. The summed E-state index contributed by atoms with van der Waals surface area (Å²) in [5.41, 5.74) is 1.73. The summed E-state index contributed by atoms with van der Waals surface area (Å²) in [4.78, 5) is 30.5. The quantitative estimate of drug-likeness (QED) is 0.748. The standard InChI is InChI=1S/C20H24N4O2/c1-2-7-24-15-18(12-19(24)25)20(26)23-10-8-22(9-11-23)14-17-6-4-3-5-16(17)13-21/h2-6,18H,1,7-12,14-15H2. The summed E-state index contributed by atoms with van der Waals surface area (Å²) in [7, 11) is 0. The molecule has 1 unspecified atom stereocenters. The number of carbonyl (C=O) groups is 2. The van der Waals surface area contributed by atoms with Gasteiger partial charge in [-0.05, 0) is 11.6 Å². The molecule has 0 radical (unpaired) electrons. The highest BCUT2D eigenvalue weighted by atomic mass is 16.2. The molecule has 0 saturated carbocycles. The summed E-state index contributed by atoms with van der Waals surface area (Å²) in [5, 5.41) is 9.21. The third-order valence-corrected chi connectivity index (χ3v) is 5.13.